The van der Waals surface area contributed by atoms with Crippen molar-refractivity contribution < 1.29 is 9.50 Å². The van der Waals surface area contributed by atoms with Crippen molar-refractivity contribution in [3.63, 3.8) is 0 Å². The average molecular weight is 220 g/mol. The molecule has 1 aliphatic rings. The molecule has 1 atom stereocenters. The largest absolute Gasteiger partial charge is 0.505 e. The molecule has 3 nitrogen and oxygen atoms in total. The van der Waals surface area contributed by atoms with E-state index in [1.807, 2.05) is 6.07 Å². The SMILES string of the molecule is N#Cc1ccc(F)c(O)c1[C@@H](N)CC1CC1. The van der Waals surface area contributed by atoms with E-state index in [2.05, 4.69) is 0 Å². The van der Waals surface area contributed by atoms with Crippen molar-refractivity contribution in [2.45, 2.75) is 25.3 Å². The Morgan fingerprint density at radius 3 is 2.81 bits per heavy atom. The third-order valence-corrected chi connectivity index (χ3v) is 2.94. The van der Waals surface area contributed by atoms with Crippen molar-refractivity contribution in [3.05, 3.63) is 29.1 Å². The van der Waals surface area contributed by atoms with Gasteiger partial charge in [0, 0.05) is 11.6 Å². The van der Waals surface area contributed by atoms with Crippen molar-refractivity contribution in [2.24, 2.45) is 11.7 Å². The summed E-state index contributed by atoms with van der Waals surface area (Å²) in [6.07, 6.45) is 2.96. The molecule has 1 fully saturated rings. The molecule has 0 spiro atoms. The van der Waals surface area contributed by atoms with E-state index in [0.29, 0.717) is 12.3 Å². The first-order valence-corrected chi connectivity index (χ1v) is 5.30. The van der Waals surface area contributed by atoms with Crippen LogP contribution >= 0.6 is 0 Å². The molecule has 0 unspecified atom stereocenters. The van der Waals surface area contributed by atoms with Crippen LogP contribution in [0, 0.1) is 23.1 Å². The smallest absolute Gasteiger partial charge is 0.165 e. The highest BCUT2D eigenvalue weighted by Crippen LogP contribution is 2.39. The molecule has 1 saturated carbocycles. The number of nitriles is 1. The lowest BCUT2D eigenvalue weighted by atomic mass is 9.96. The minimum atomic E-state index is -0.722. The fourth-order valence-electron chi connectivity index (χ4n) is 1.88. The normalized spacial score (nSPS) is 16.8. The number of phenolic OH excluding ortho intramolecular Hbond substituents is 1. The van der Waals surface area contributed by atoms with E-state index in [1.54, 1.807) is 0 Å². The first-order valence-electron chi connectivity index (χ1n) is 5.30. The Bertz CT molecular complexity index is 449. The number of nitrogens with two attached hydrogens (primary N) is 1. The third-order valence-electron chi connectivity index (χ3n) is 2.94. The summed E-state index contributed by atoms with van der Waals surface area (Å²) in [5.41, 5.74) is 6.41. The minimum absolute atomic E-state index is 0.245. The Labute approximate surface area is 93.3 Å². The van der Waals surface area contributed by atoms with Gasteiger partial charge in [0.25, 0.3) is 0 Å². The van der Waals surface area contributed by atoms with Gasteiger partial charge in [-0.05, 0) is 24.5 Å². The molecule has 16 heavy (non-hydrogen) atoms. The van der Waals surface area contributed by atoms with E-state index in [4.69, 9.17) is 11.0 Å². The van der Waals surface area contributed by atoms with Crippen LogP contribution in [-0.4, -0.2) is 5.11 Å². The lowest BCUT2D eigenvalue weighted by Crippen LogP contribution is -2.13. The van der Waals surface area contributed by atoms with Crippen LogP contribution in [0.1, 0.15) is 36.4 Å². The maximum atomic E-state index is 13.2. The van der Waals surface area contributed by atoms with Gasteiger partial charge in [-0.1, -0.05) is 12.8 Å². The van der Waals surface area contributed by atoms with Gasteiger partial charge in [-0.2, -0.15) is 5.26 Å². The Morgan fingerprint density at radius 2 is 2.25 bits per heavy atom. The minimum Gasteiger partial charge on any atom is -0.505 e. The van der Waals surface area contributed by atoms with Crippen molar-refractivity contribution in [1.82, 2.24) is 0 Å². The van der Waals surface area contributed by atoms with Gasteiger partial charge in [-0.3, -0.25) is 0 Å². The highest BCUT2D eigenvalue weighted by atomic mass is 19.1. The number of nitrogens with zero attached hydrogens (tertiary/aromatic N) is 1. The molecule has 2 rings (SSSR count). The van der Waals surface area contributed by atoms with Crippen LogP contribution in [0.25, 0.3) is 0 Å². The van der Waals surface area contributed by atoms with Gasteiger partial charge in [-0.15, -0.1) is 0 Å². The molecule has 0 heterocycles. The highest BCUT2D eigenvalue weighted by Gasteiger charge is 2.27. The Hall–Kier alpha value is -1.60. The second-order valence-corrected chi connectivity index (χ2v) is 4.25. The van der Waals surface area contributed by atoms with Crippen LogP contribution in [0.3, 0.4) is 0 Å². The van der Waals surface area contributed by atoms with Crippen LogP contribution in [-0.2, 0) is 0 Å². The summed E-state index contributed by atoms with van der Waals surface area (Å²) in [6, 6.07) is 3.91. The van der Waals surface area contributed by atoms with Crippen molar-refractivity contribution in [1.29, 1.82) is 5.26 Å². The van der Waals surface area contributed by atoms with E-state index in [-0.39, 0.29) is 11.1 Å². The van der Waals surface area contributed by atoms with Crippen molar-refractivity contribution in [2.75, 3.05) is 0 Å². The maximum Gasteiger partial charge on any atom is 0.165 e. The molecule has 4 heteroatoms. The summed E-state index contributed by atoms with van der Waals surface area (Å²) < 4.78 is 13.2. The molecule has 0 radical (unpaired) electrons. The molecule has 0 bridgehead atoms. The molecule has 0 aromatic heterocycles. The Balaban J connectivity index is 2.35. The van der Waals surface area contributed by atoms with Crippen LogP contribution in [0.4, 0.5) is 4.39 Å². The third kappa shape index (κ3) is 2.00. The summed E-state index contributed by atoms with van der Waals surface area (Å²) in [7, 11) is 0. The summed E-state index contributed by atoms with van der Waals surface area (Å²) in [5, 5.41) is 18.5. The zero-order chi connectivity index (χ0) is 11.7. The molecular formula is C12H13FN2O. The first-order chi connectivity index (χ1) is 7.63. The molecule has 0 saturated heterocycles. The van der Waals surface area contributed by atoms with E-state index in [9.17, 15) is 9.50 Å². The molecule has 3 N–H and O–H groups in total. The molecule has 1 aromatic carbocycles. The number of benzene rings is 1. The van der Waals surface area contributed by atoms with Crippen LogP contribution in [0.5, 0.6) is 5.75 Å². The number of aromatic hydroxyl groups is 1. The number of hydrogen-bond donors (Lipinski definition) is 2. The summed E-state index contributed by atoms with van der Waals surface area (Å²) >= 11 is 0. The second-order valence-electron chi connectivity index (χ2n) is 4.25. The van der Waals surface area contributed by atoms with E-state index in [1.165, 1.54) is 6.07 Å². The predicted octanol–water partition coefficient (Wildman–Crippen LogP) is 2.20. The Morgan fingerprint density at radius 1 is 1.56 bits per heavy atom. The van der Waals surface area contributed by atoms with Gasteiger partial charge in [0.15, 0.2) is 11.6 Å². The van der Waals surface area contributed by atoms with Gasteiger partial charge in [0.05, 0.1) is 11.6 Å². The van der Waals surface area contributed by atoms with Gasteiger partial charge >= 0.3 is 0 Å². The quantitative estimate of drug-likeness (QED) is 0.820. The zero-order valence-corrected chi connectivity index (χ0v) is 8.78. The summed E-state index contributed by atoms with van der Waals surface area (Å²) in [5.74, 6) is -0.642. The van der Waals surface area contributed by atoms with Crippen LogP contribution < -0.4 is 5.73 Å². The van der Waals surface area contributed by atoms with E-state index in [0.717, 1.165) is 18.9 Å². The Kier molecular flexibility index (Phi) is 2.80. The molecular weight excluding hydrogens is 207 g/mol. The number of rotatable bonds is 3. The topological polar surface area (TPSA) is 70.0 Å². The second kappa shape index (κ2) is 4.11. The molecule has 0 amide bonds. The van der Waals surface area contributed by atoms with Crippen LogP contribution in [0.15, 0.2) is 12.1 Å². The monoisotopic (exact) mass is 220 g/mol. The van der Waals surface area contributed by atoms with Gasteiger partial charge in [0.2, 0.25) is 0 Å². The number of phenols is 1. The average Bonchev–Trinajstić information content (AvgIpc) is 3.05. The molecule has 0 aliphatic heterocycles. The van der Waals surface area contributed by atoms with Crippen molar-refractivity contribution in [3.8, 4) is 11.8 Å². The van der Waals surface area contributed by atoms with Crippen molar-refractivity contribution >= 4 is 0 Å². The highest BCUT2D eigenvalue weighted by molar-refractivity contribution is 5.48. The van der Waals surface area contributed by atoms with Gasteiger partial charge in [0.1, 0.15) is 0 Å². The lowest BCUT2D eigenvalue weighted by molar-refractivity contribution is 0.416. The maximum absolute atomic E-state index is 13.2. The standard InChI is InChI=1S/C12H13FN2O/c13-9-4-3-8(6-14)11(12(9)16)10(15)5-7-1-2-7/h3-4,7,10,16H,1-2,5,15H2/t10-/m0/s1. The summed E-state index contributed by atoms with van der Waals surface area (Å²) in [4.78, 5) is 0. The molecule has 1 aliphatic carbocycles. The van der Waals surface area contributed by atoms with E-state index < -0.39 is 17.6 Å². The zero-order valence-electron chi connectivity index (χ0n) is 8.78. The molecule has 84 valence electrons. The fraction of sp³-hybridized carbons (Fsp3) is 0.417. The van der Waals surface area contributed by atoms with Gasteiger partial charge in [-0.25, -0.2) is 4.39 Å². The number of halogens is 1. The fourth-order valence-corrected chi connectivity index (χ4v) is 1.88. The lowest BCUT2D eigenvalue weighted by Gasteiger charge is -2.15. The first kappa shape index (κ1) is 10.9. The van der Waals surface area contributed by atoms with E-state index >= 15 is 0 Å². The number of hydrogen-bond acceptors (Lipinski definition) is 3. The van der Waals surface area contributed by atoms with Gasteiger partial charge < -0.3 is 10.8 Å². The van der Waals surface area contributed by atoms with Crippen LogP contribution in [0.2, 0.25) is 0 Å². The summed E-state index contributed by atoms with van der Waals surface area (Å²) in [6.45, 7) is 0. The predicted molar refractivity (Wildman–Crippen MR) is 57.0 cm³/mol. The molecule has 1 aromatic rings.